The van der Waals surface area contributed by atoms with E-state index in [2.05, 4.69) is 21.5 Å². The van der Waals surface area contributed by atoms with Gasteiger partial charge in [-0.3, -0.25) is 9.99 Å². The van der Waals surface area contributed by atoms with Crippen molar-refractivity contribution in [2.75, 3.05) is 11.6 Å². The Hall–Kier alpha value is -2.47. The van der Waals surface area contributed by atoms with Crippen LogP contribution in [-0.2, 0) is 0 Å². The summed E-state index contributed by atoms with van der Waals surface area (Å²) in [6.45, 7) is 7.88. The first-order valence-corrected chi connectivity index (χ1v) is 6.21. The van der Waals surface area contributed by atoms with Gasteiger partial charge in [-0.1, -0.05) is 24.3 Å². The van der Waals surface area contributed by atoms with Gasteiger partial charge in [-0.2, -0.15) is 9.97 Å². The van der Waals surface area contributed by atoms with Gasteiger partial charge in [-0.25, -0.2) is 10.6 Å². The van der Waals surface area contributed by atoms with E-state index in [1.807, 2.05) is 32.0 Å². The predicted molar refractivity (Wildman–Crippen MR) is 79.3 cm³/mol. The first-order chi connectivity index (χ1) is 9.52. The first kappa shape index (κ1) is 14.0. The van der Waals surface area contributed by atoms with Gasteiger partial charge in [0.15, 0.2) is 0 Å². The number of hydrogen-bond donors (Lipinski definition) is 2. The summed E-state index contributed by atoms with van der Waals surface area (Å²) in [7, 11) is 0. The standard InChI is InChI=1S/C14H17N5O/c1-4-8-19(15)13-16-12(17-14(20)18-13)11-9(2)6-5-7-10(11)3/h4-7H,1,8,15H2,2-3H3,(H,16,17,18,20). The van der Waals surface area contributed by atoms with Crippen molar-refractivity contribution in [1.29, 1.82) is 0 Å². The van der Waals surface area contributed by atoms with Crippen LogP contribution in [0.2, 0.25) is 0 Å². The van der Waals surface area contributed by atoms with Crippen molar-refractivity contribution in [2.24, 2.45) is 5.84 Å². The average Bonchev–Trinajstić information content (AvgIpc) is 2.38. The van der Waals surface area contributed by atoms with Crippen molar-refractivity contribution in [1.82, 2.24) is 15.0 Å². The molecule has 0 unspecified atom stereocenters. The van der Waals surface area contributed by atoms with Crippen LogP contribution < -0.4 is 16.5 Å². The third kappa shape index (κ3) is 2.75. The fourth-order valence-corrected chi connectivity index (χ4v) is 2.03. The van der Waals surface area contributed by atoms with Crippen molar-refractivity contribution >= 4 is 5.95 Å². The van der Waals surface area contributed by atoms with Crippen LogP contribution in [0.15, 0.2) is 35.6 Å². The van der Waals surface area contributed by atoms with Gasteiger partial charge in [0.2, 0.25) is 5.95 Å². The maximum atomic E-state index is 11.7. The molecule has 20 heavy (non-hydrogen) atoms. The molecule has 0 saturated carbocycles. The number of H-pyrrole nitrogens is 1. The quantitative estimate of drug-likeness (QED) is 0.497. The molecule has 0 aliphatic heterocycles. The SMILES string of the molecule is C=CCN(N)c1nc(-c2c(C)cccc2C)[nH]c(=O)n1. The van der Waals surface area contributed by atoms with Gasteiger partial charge < -0.3 is 0 Å². The molecular formula is C14H17N5O. The van der Waals surface area contributed by atoms with Crippen molar-refractivity contribution in [2.45, 2.75) is 13.8 Å². The summed E-state index contributed by atoms with van der Waals surface area (Å²) in [5, 5.41) is 1.28. The number of nitrogens with zero attached hydrogens (tertiary/aromatic N) is 3. The summed E-state index contributed by atoms with van der Waals surface area (Å²) in [5.74, 6) is 6.42. The molecule has 0 bridgehead atoms. The molecule has 2 rings (SSSR count). The van der Waals surface area contributed by atoms with Crippen molar-refractivity contribution in [3.8, 4) is 11.4 Å². The number of aromatic nitrogens is 3. The number of aromatic amines is 1. The summed E-state index contributed by atoms with van der Waals surface area (Å²) < 4.78 is 0. The van der Waals surface area contributed by atoms with E-state index < -0.39 is 5.69 Å². The summed E-state index contributed by atoms with van der Waals surface area (Å²) in [6, 6.07) is 5.89. The van der Waals surface area contributed by atoms with Crippen LogP contribution >= 0.6 is 0 Å². The maximum absolute atomic E-state index is 11.7. The van der Waals surface area contributed by atoms with Crippen LogP contribution in [0.1, 0.15) is 11.1 Å². The average molecular weight is 271 g/mol. The highest BCUT2D eigenvalue weighted by Crippen LogP contribution is 2.23. The molecule has 0 amide bonds. The molecule has 1 heterocycles. The second kappa shape index (κ2) is 5.66. The lowest BCUT2D eigenvalue weighted by Gasteiger charge is -2.15. The number of hydrogen-bond acceptors (Lipinski definition) is 5. The Morgan fingerprint density at radius 1 is 1.35 bits per heavy atom. The molecule has 0 fully saturated rings. The zero-order chi connectivity index (χ0) is 14.7. The second-order valence-corrected chi connectivity index (χ2v) is 4.51. The van der Waals surface area contributed by atoms with Gasteiger partial charge >= 0.3 is 5.69 Å². The predicted octanol–water partition coefficient (Wildman–Crippen LogP) is 1.31. The molecule has 0 saturated heterocycles. The maximum Gasteiger partial charge on any atom is 0.349 e. The molecule has 0 aliphatic rings. The van der Waals surface area contributed by atoms with E-state index in [0.29, 0.717) is 12.4 Å². The van der Waals surface area contributed by atoms with Gasteiger partial charge in [0.05, 0.1) is 6.54 Å². The zero-order valence-corrected chi connectivity index (χ0v) is 11.6. The minimum atomic E-state index is -0.479. The molecule has 1 aromatic carbocycles. The van der Waals surface area contributed by atoms with E-state index in [1.165, 1.54) is 5.01 Å². The molecule has 0 atom stereocenters. The van der Waals surface area contributed by atoms with Crippen LogP contribution in [-0.4, -0.2) is 21.5 Å². The normalized spacial score (nSPS) is 10.3. The van der Waals surface area contributed by atoms with Gasteiger partial charge in [0.1, 0.15) is 5.82 Å². The second-order valence-electron chi connectivity index (χ2n) is 4.51. The smallest absolute Gasteiger partial charge is 0.290 e. The number of aryl methyl sites for hydroxylation is 2. The molecule has 0 aliphatic carbocycles. The number of nitrogens with two attached hydrogens (primary N) is 1. The summed E-state index contributed by atoms with van der Waals surface area (Å²) in [5.41, 5.74) is 2.46. The fraction of sp³-hybridized carbons (Fsp3) is 0.214. The number of rotatable bonds is 4. The van der Waals surface area contributed by atoms with Crippen LogP contribution in [0, 0.1) is 13.8 Å². The molecular weight excluding hydrogens is 254 g/mol. The highest BCUT2D eigenvalue weighted by Gasteiger charge is 2.12. The van der Waals surface area contributed by atoms with Crippen LogP contribution in [0.25, 0.3) is 11.4 Å². The van der Waals surface area contributed by atoms with Crippen LogP contribution in [0.5, 0.6) is 0 Å². The monoisotopic (exact) mass is 271 g/mol. The van der Waals surface area contributed by atoms with Gasteiger partial charge in [-0.15, -0.1) is 6.58 Å². The Kier molecular flexibility index (Phi) is 3.95. The lowest BCUT2D eigenvalue weighted by Crippen LogP contribution is -2.34. The van der Waals surface area contributed by atoms with Crippen LogP contribution in [0.3, 0.4) is 0 Å². The highest BCUT2D eigenvalue weighted by molar-refractivity contribution is 5.64. The van der Waals surface area contributed by atoms with Gasteiger partial charge in [0.25, 0.3) is 0 Å². The molecule has 6 nitrogen and oxygen atoms in total. The molecule has 0 radical (unpaired) electrons. The zero-order valence-electron chi connectivity index (χ0n) is 11.6. The van der Waals surface area contributed by atoms with Crippen molar-refractivity contribution in [3.05, 3.63) is 52.5 Å². The lowest BCUT2D eigenvalue weighted by atomic mass is 10.0. The lowest BCUT2D eigenvalue weighted by molar-refractivity contribution is 0.846. The van der Waals surface area contributed by atoms with Crippen LogP contribution in [0.4, 0.5) is 5.95 Å². The Morgan fingerprint density at radius 3 is 2.60 bits per heavy atom. The third-order valence-corrected chi connectivity index (χ3v) is 2.94. The van der Waals surface area contributed by atoms with E-state index in [0.717, 1.165) is 16.7 Å². The topological polar surface area (TPSA) is 87.9 Å². The Labute approximate surface area is 117 Å². The molecule has 104 valence electrons. The number of anilines is 1. The minimum absolute atomic E-state index is 0.173. The molecule has 0 spiro atoms. The summed E-state index contributed by atoms with van der Waals surface area (Å²) in [6.07, 6.45) is 1.61. The molecule has 2 aromatic rings. The highest BCUT2D eigenvalue weighted by atomic mass is 16.1. The third-order valence-electron chi connectivity index (χ3n) is 2.94. The number of benzene rings is 1. The molecule has 3 N–H and O–H groups in total. The number of nitrogens with one attached hydrogen (secondary N) is 1. The minimum Gasteiger partial charge on any atom is -0.290 e. The van der Waals surface area contributed by atoms with Crippen molar-refractivity contribution < 1.29 is 0 Å². The van der Waals surface area contributed by atoms with Gasteiger partial charge in [-0.05, 0) is 25.0 Å². The largest absolute Gasteiger partial charge is 0.349 e. The van der Waals surface area contributed by atoms with E-state index in [4.69, 9.17) is 5.84 Å². The summed E-state index contributed by atoms with van der Waals surface area (Å²) in [4.78, 5) is 22.5. The Balaban J connectivity index is 2.58. The van der Waals surface area contributed by atoms with E-state index in [-0.39, 0.29) is 5.95 Å². The van der Waals surface area contributed by atoms with Gasteiger partial charge in [0, 0.05) is 5.56 Å². The fourth-order valence-electron chi connectivity index (χ4n) is 2.03. The summed E-state index contributed by atoms with van der Waals surface area (Å²) >= 11 is 0. The first-order valence-electron chi connectivity index (χ1n) is 6.21. The Bertz CT molecular complexity index is 672. The van der Waals surface area contributed by atoms with Crippen molar-refractivity contribution in [3.63, 3.8) is 0 Å². The number of hydrazine groups is 1. The van der Waals surface area contributed by atoms with E-state index in [9.17, 15) is 4.79 Å². The van der Waals surface area contributed by atoms with E-state index in [1.54, 1.807) is 6.08 Å². The molecule has 1 aromatic heterocycles. The Morgan fingerprint density at radius 2 is 2.00 bits per heavy atom. The molecule has 6 heteroatoms. The van der Waals surface area contributed by atoms with E-state index >= 15 is 0 Å².